The van der Waals surface area contributed by atoms with Crippen LogP contribution in [0.5, 0.6) is 0 Å². The fourth-order valence-electron chi connectivity index (χ4n) is 3.17. The Hall–Kier alpha value is -0.540. The molecule has 0 aliphatic rings. The monoisotopic (exact) mass is 458 g/mol. The van der Waals surface area contributed by atoms with Crippen LogP contribution in [0.2, 0.25) is 5.02 Å². The summed E-state index contributed by atoms with van der Waals surface area (Å²) >= 11 is 9.26. The number of hydrogen-bond donors (Lipinski definition) is 0. The number of carbonyl (C=O) groups excluding carboxylic acids is 1. The van der Waals surface area contributed by atoms with Gasteiger partial charge in [-0.2, -0.15) is 0 Å². The Kier molecular flexibility index (Phi) is 14.9. The van der Waals surface area contributed by atoms with Gasteiger partial charge in [0.05, 0.1) is 17.2 Å². The van der Waals surface area contributed by atoms with Crippen molar-refractivity contribution in [3.05, 3.63) is 33.3 Å². The summed E-state index contributed by atoms with van der Waals surface area (Å²) in [6.07, 6.45) is 18.5. The van der Waals surface area contributed by atoms with E-state index in [-0.39, 0.29) is 5.97 Å². The van der Waals surface area contributed by atoms with E-state index in [0.29, 0.717) is 17.2 Å². The molecule has 0 radical (unpaired) electrons. The first-order valence-electron chi connectivity index (χ1n) is 10.8. The molecule has 0 aliphatic heterocycles. The van der Waals surface area contributed by atoms with Crippen LogP contribution in [-0.2, 0) is 4.74 Å². The number of carbonyl (C=O) groups is 1. The van der Waals surface area contributed by atoms with Gasteiger partial charge in [-0.25, -0.2) is 4.79 Å². The summed E-state index contributed by atoms with van der Waals surface area (Å²) in [6, 6.07) is 5.10. The van der Waals surface area contributed by atoms with Crippen LogP contribution in [0, 0.1) is 0 Å². The van der Waals surface area contributed by atoms with Gasteiger partial charge >= 0.3 is 5.97 Å². The Balaban J connectivity index is 1.87. The van der Waals surface area contributed by atoms with Crippen LogP contribution in [0.3, 0.4) is 0 Å². The largest absolute Gasteiger partial charge is 0.462 e. The molecule has 1 aromatic carbocycles. The molecule has 0 heterocycles. The summed E-state index contributed by atoms with van der Waals surface area (Å²) in [5.74, 6) is -0.276. The second-order valence-electron chi connectivity index (χ2n) is 7.36. The number of unbranched alkanes of at least 4 members (excludes halogenated alkanes) is 13. The molecule has 0 bridgehead atoms. The zero-order chi connectivity index (χ0) is 19.7. The molecule has 0 spiro atoms. The summed E-state index contributed by atoms with van der Waals surface area (Å²) < 4.78 is 6.04. The molecule has 0 atom stereocenters. The maximum absolute atomic E-state index is 12.0. The zero-order valence-corrected chi connectivity index (χ0v) is 19.3. The van der Waals surface area contributed by atoms with Gasteiger partial charge in [-0.1, -0.05) is 102 Å². The van der Waals surface area contributed by atoms with Crippen molar-refractivity contribution in [1.82, 2.24) is 0 Å². The standard InChI is InChI=1S/C23H36BrClO2/c1-2-3-4-5-6-7-8-9-10-11-12-13-14-15-18-27-23(26)20-16-17-22(25)21(24)19-20/h16-17,19H,2-15,18H2,1H3. The van der Waals surface area contributed by atoms with Crippen LogP contribution in [0.4, 0.5) is 0 Å². The highest BCUT2D eigenvalue weighted by Gasteiger charge is 2.08. The third kappa shape index (κ3) is 12.5. The Morgan fingerprint density at radius 3 is 1.81 bits per heavy atom. The molecule has 4 heteroatoms. The van der Waals surface area contributed by atoms with Gasteiger partial charge in [-0.05, 0) is 40.5 Å². The third-order valence-electron chi connectivity index (χ3n) is 4.89. The number of esters is 1. The Bertz CT molecular complexity index is 519. The van der Waals surface area contributed by atoms with Crippen LogP contribution in [0.15, 0.2) is 22.7 Å². The SMILES string of the molecule is CCCCCCCCCCCCCCCCOC(=O)c1ccc(Cl)c(Br)c1. The minimum absolute atomic E-state index is 0.276. The Labute approximate surface area is 179 Å². The second-order valence-corrected chi connectivity index (χ2v) is 8.62. The van der Waals surface area contributed by atoms with Crippen molar-refractivity contribution in [2.45, 2.75) is 96.8 Å². The minimum atomic E-state index is -0.276. The lowest BCUT2D eigenvalue weighted by atomic mass is 10.0. The van der Waals surface area contributed by atoms with Crippen molar-refractivity contribution in [2.24, 2.45) is 0 Å². The van der Waals surface area contributed by atoms with Crippen molar-refractivity contribution in [2.75, 3.05) is 6.61 Å². The van der Waals surface area contributed by atoms with E-state index in [9.17, 15) is 4.79 Å². The topological polar surface area (TPSA) is 26.3 Å². The molecule has 0 aliphatic carbocycles. The zero-order valence-electron chi connectivity index (χ0n) is 16.9. The number of hydrogen-bond acceptors (Lipinski definition) is 2. The first kappa shape index (κ1) is 24.5. The minimum Gasteiger partial charge on any atom is -0.462 e. The molecule has 2 nitrogen and oxygen atoms in total. The number of benzene rings is 1. The summed E-state index contributed by atoms with van der Waals surface area (Å²) in [7, 11) is 0. The fraction of sp³-hybridized carbons (Fsp3) is 0.696. The van der Waals surface area contributed by atoms with Gasteiger partial charge in [0.15, 0.2) is 0 Å². The van der Waals surface area contributed by atoms with E-state index in [1.54, 1.807) is 18.2 Å². The van der Waals surface area contributed by atoms with Crippen molar-refractivity contribution in [3.8, 4) is 0 Å². The van der Waals surface area contributed by atoms with Crippen LogP contribution in [0.1, 0.15) is 107 Å². The Morgan fingerprint density at radius 2 is 1.33 bits per heavy atom. The van der Waals surface area contributed by atoms with E-state index in [1.807, 2.05) is 0 Å². The van der Waals surface area contributed by atoms with Crippen molar-refractivity contribution >= 4 is 33.5 Å². The van der Waals surface area contributed by atoms with Crippen LogP contribution in [-0.4, -0.2) is 12.6 Å². The molecule has 0 fully saturated rings. The summed E-state index contributed by atoms with van der Waals surface area (Å²) in [5, 5.41) is 0.596. The molecular weight excluding hydrogens is 424 g/mol. The second kappa shape index (κ2) is 16.4. The lowest BCUT2D eigenvalue weighted by Crippen LogP contribution is -2.06. The van der Waals surface area contributed by atoms with Gasteiger partial charge in [0.1, 0.15) is 0 Å². The summed E-state index contributed by atoms with van der Waals surface area (Å²) in [5.41, 5.74) is 0.539. The first-order chi connectivity index (χ1) is 13.1. The molecule has 0 amide bonds. The van der Waals surface area contributed by atoms with Crippen molar-refractivity contribution in [3.63, 3.8) is 0 Å². The van der Waals surface area contributed by atoms with Crippen molar-refractivity contribution < 1.29 is 9.53 Å². The number of rotatable bonds is 16. The molecule has 154 valence electrons. The molecular formula is C23H36BrClO2. The first-order valence-corrected chi connectivity index (χ1v) is 11.9. The summed E-state index contributed by atoms with van der Waals surface area (Å²) in [4.78, 5) is 12.0. The molecule has 0 N–H and O–H groups in total. The third-order valence-corrected chi connectivity index (χ3v) is 6.10. The van der Waals surface area contributed by atoms with Crippen LogP contribution >= 0.6 is 27.5 Å². The maximum atomic E-state index is 12.0. The lowest BCUT2D eigenvalue weighted by Gasteiger charge is -2.06. The normalized spacial score (nSPS) is 10.9. The maximum Gasteiger partial charge on any atom is 0.338 e. The Morgan fingerprint density at radius 1 is 0.852 bits per heavy atom. The highest BCUT2D eigenvalue weighted by molar-refractivity contribution is 9.10. The molecule has 1 rings (SSSR count). The molecule has 0 aromatic heterocycles. The predicted molar refractivity (Wildman–Crippen MR) is 120 cm³/mol. The van der Waals surface area contributed by atoms with Gasteiger partial charge in [-0.3, -0.25) is 0 Å². The van der Waals surface area contributed by atoms with Gasteiger partial charge < -0.3 is 4.74 Å². The van der Waals surface area contributed by atoms with E-state index in [4.69, 9.17) is 16.3 Å². The molecule has 0 saturated heterocycles. The van der Waals surface area contributed by atoms with Gasteiger partial charge in [0, 0.05) is 4.47 Å². The predicted octanol–water partition coefficient (Wildman–Crippen LogP) is 8.74. The van der Waals surface area contributed by atoms with Crippen molar-refractivity contribution in [1.29, 1.82) is 0 Å². The number of halogens is 2. The fourth-order valence-corrected chi connectivity index (χ4v) is 3.66. The van der Waals surface area contributed by atoms with E-state index in [2.05, 4.69) is 22.9 Å². The van der Waals surface area contributed by atoms with E-state index >= 15 is 0 Å². The smallest absolute Gasteiger partial charge is 0.338 e. The molecule has 27 heavy (non-hydrogen) atoms. The average molecular weight is 460 g/mol. The van der Waals surface area contributed by atoms with E-state index in [0.717, 1.165) is 17.3 Å². The van der Waals surface area contributed by atoms with Crippen LogP contribution < -0.4 is 0 Å². The average Bonchev–Trinajstić information content (AvgIpc) is 2.66. The molecule has 1 aromatic rings. The van der Waals surface area contributed by atoms with E-state index in [1.165, 1.54) is 77.0 Å². The highest BCUT2D eigenvalue weighted by atomic mass is 79.9. The molecule has 0 saturated carbocycles. The highest BCUT2D eigenvalue weighted by Crippen LogP contribution is 2.23. The van der Waals surface area contributed by atoms with E-state index < -0.39 is 0 Å². The van der Waals surface area contributed by atoms with Gasteiger partial charge in [0.25, 0.3) is 0 Å². The number of ether oxygens (including phenoxy) is 1. The van der Waals surface area contributed by atoms with Gasteiger partial charge in [0.2, 0.25) is 0 Å². The summed E-state index contributed by atoms with van der Waals surface area (Å²) in [6.45, 7) is 2.77. The lowest BCUT2D eigenvalue weighted by molar-refractivity contribution is 0.0497. The van der Waals surface area contributed by atoms with Gasteiger partial charge in [-0.15, -0.1) is 0 Å². The van der Waals surface area contributed by atoms with Crippen LogP contribution in [0.25, 0.3) is 0 Å². The molecule has 0 unspecified atom stereocenters. The quantitative estimate of drug-likeness (QED) is 0.182.